The molecule has 2 aromatic carbocycles. The number of hydrogen-bond acceptors (Lipinski definition) is 4. The van der Waals surface area contributed by atoms with E-state index in [-0.39, 0.29) is 0 Å². The summed E-state index contributed by atoms with van der Waals surface area (Å²) >= 11 is 0. The van der Waals surface area contributed by atoms with E-state index in [1.165, 1.54) is 0 Å². The highest BCUT2D eigenvalue weighted by Crippen LogP contribution is 2.32. The lowest BCUT2D eigenvalue weighted by atomic mass is 9.91. The van der Waals surface area contributed by atoms with Crippen LogP contribution in [0.2, 0.25) is 0 Å². The smallest absolute Gasteiger partial charge is 0.123 e. The van der Waals surface area contributed by atoms with Crippen LogP contribution < -0.4 is 14.9 Å². The van der Waals surface area contributed by atoms with Gasteiger partial charge < -0.3 is 9.47 Å². The van der Waals surface area contributed by atoms with Crippen molar-refractivity contribution in [2.45, 2.75) is 0 Å². The van der Waals surface area contributed by atoms with Crippen molar-refractivity contribution in [2.24, 2.45) is 0 Å². The van der Waals surface area contributed by atoms with Crippen molar-refractivity contribution in [2.75, 3.05) is 14.2 Å². The number of methoxy groups -OCH3 is 2. The van der Waals surface area contributed by atoms with E-state index in [9.17, 15) is 0 Å². The number of benzene rings is 2. The Balaban J connectivity index is 2.28. The Morgan fingerprint density at radius 1 is 0.857 bits per heavy atom. The van der Waals surface area contributed by atoms with Crippen molar-refractivity contribution >= 4 is 24.3 Å². The van der Waals surface area contributed by atoms with Gasteiger partial charge in [0.15, 0.2) is 0 Å². The van der Waals surface area contributed by atoms with Gasteiger partial charge in [0, 0.05) is 24.0 Å². The molecule has 0 N–H and O–H groups in total. The van der Waals surface area contributed by atoms with Crippen LogP contribution in [-0.4, -0.2) is 32.0 Å². The molecule has 3 aromatic rings. The van der Waals surface area contributed by atoms with Gasteiger partial charge in [0.2, 0.25) is 0 Å². The molecule has 0 saturated heterocycles. The van der Waals surface area contributed by atoms with E-state index >= 15 is 0 Å². The molecule has 0 aliphatic heterocycles. The average Bonchev–Trinajstić information content (AvgIpc) is 2.55. The maximum atomic E-state index is 5.96. The summed E-state index contributed by atoms with van der Waals surface area (Å²) in [5.41, 5.74) is 3.93. The predicted octanol–water partition coefficient (Wildman–Crippen LogP) is 2.11. The molecule has 0 bridgehead atoms. The summed E-state index contributed by atoms with van der Waals surface area (Å²) in [4.78, 5) is 8.71. The second kappa shape index (κ2) is 5.44. The Labute approximate surface area is 124 Å². The second-order valence-corrected chi connectivity index (χ2v) is 4.56. The van der Waals surface area contributed by atoms with Crippen LogP contribution in [0.25, 0.3) is 22.2 Å². The maximum absolute atomic E-state index is 5.96. The molecule has 0 aliphatic carbocycles. The zero-order chi connectivity index (χ0) is 14.8. The Morgan fingerprint density at radius 3 is 2.10 bits per heavy atom. The van der Waals surface area contributed by atoms with E-state index < -0.39 is 0 Å². The minimum absolute atomic E-state index is 0.608. The summed E-state index contributed by atoms with van der Waals surface area (Å²) in [5.74, 6) is 1.44. The molecule has 2 radical (unpaired) electrons. The van der Waals surface area contributed by atoms with Crippen LogP contribution in [0.15, 0.2) is 42.7 Å². The van der Waals surface area contributed by atoms with Crippen LogP contribution in [-0.2, 0) is 0 Å². The highest BCUT2D eigenvalue weighted by atomic mass is 16.5. The molecule has 0 aliphatic rings. The van der Waals surface area contributed by atoms with E-state index in [1.54, 1.807) is 26.6 Å². The fourth-order valence-corrected chi connectivity index (χ4v) is 2.27. The van der Waals surface area contributed by atoms with Gasteiger partial charge >= 0.3 is 0 Å². The lowest BCUT2D eigenvalue weighted by molar-refractivity contribution is 0.394. The number of fused-ring (bicyclic) bond motifs is 1. The van der Waals surface area contributed by atoms with Gasteiger partial charge in [-0.15, -0.1) is 0 Å². The maximum Gasteiger partial charge on any atom is 0.123 e. The number of rotatable bonds is 3. The molecule has 21 heavy (non-hydrogen) atoms. The number of nitrogens with zero attached hydrogens (tertiary/aromatic N) is 2. The minimum atomic E-state index is 0.608. The van der Waals surface area contributed by atoms with E-state index in [0.29, 0.717) is 11.0 Å². The van der Waals surface area contributed by atoms with Gasteiger partial charge in [-0.3, -0.25) is 9.97 Å². The Morgan fingerprint density at radius 2 is 1.48 bits per heavy atom. The highest BCUT2D eigenvalue weighted by molar-refractivity contribution is 6.38. The van der Waals surface area contributed by atoms with E-state index in [1.807, 2.05) is 30.3 Å². The average molecular weight is 276 g/mol. The van der Waals surface area contributed by atoms with Crippen molar-refractivity contribution in [1.82, 2.24) is 9.97 Å². The Bertz CT molecular complexity index is 783. The highest BCUT2D eigenvalue weighted by Gasteiger charge is 2.10. The topological polar surface area (TPSA) is 44.2 Å². The predicted molar refractivity (Wildman–Crippen MR) is 83.5 cm³/mol. The third-order valence-electron chi connectivity index (χ3n) is 3.32. The standard InChI is InChI=1S/C16H13BN2O2/c1-20-11-7-10(8-12(9-11)21-2)13-3-4-14(17)16-15(13)18-5-6-19-16/h3-9H,1-2H3. The lowest BCUT2D eigenvalue weighted by Gasteiger charge is -2.11. The van der Waals surface area contributed by atoms with Crippen molar-refractivity contribution in [3.05, 3.63) is 42.7 Å². The first-order valence-corrected chi connectivity index (χ1v) is 6.45. The van der Waals surface area contributed by atoms with Crippen LogP contribution >= 0.6 is 0 Å². The fraction of sp³-hybridized carbons (Fsp3) is 0.125. The molecule has 0 unspecified atom stereocenters. The van der Waals surface area contributed by atoms with Crippen LogP contribution in [0.1, 0.15) is 0 Å². The van der Waals surface area contributed by atoms with Crippen molar-refractivity contribution in [1.29, 1.82) is 0 Å². The fourth-order valence-electron chi connectivity index (χ4n) is 2.27. The molecule has 0 fully saturated rings. The van der Waals surface area contributed by atoms with Crippen LogP contribution in [0.3, 0.4) is 0 Å². The SMILES string of the molecule is [B]c1ccc(-c2cc(OC)cc(OC)c2)c2nccnc12. The van der Waals surface area contributed by atoms with Gasteiger partial charge in [0.1, 0.15) is 19.3 Å². The second-order valence-electron chi connectivity index (χ2n) is 4.56. The molecular formula is C16H13BN2O2. The van der Waals surface area contributed by atoms with Gasteiger partial charge in [-0.05, 0) is 17.7 Å². The molecule has 0 amide bonds. The number of ether oxygens (including phenoxy) is 2. The van der Waals surface area contributed by atoms with Crippen LogP contribution in [0, 0.1) is 0 Å². The molecule has 4 nitrogen and oxygen atoms in total. The zero-order valence-electron chi connectivity index (χ0n) is 11.8. The van der Waals surface area contributed by atoms with E-state index in [4.69, 9.17) is 17.3 Å². The first-order chi connectivity index (χ1) is 10.2. The van der Waals surface area contributed by atoms with E-state index in [2.05, 4.69) is 9.97 Å². The van der Waals surface area contributed by atoms with Crippen molar-refractivity contribution < 1.29 is 9.47 Å². The summed E-state index contributed by atoms with van der Waals surface area (Å²) in [5, 5.41) is 0. The van der Waals surface area contributed by atoms with Crippen LogP contribution in [0.5, 0.6) is 11.5 Å². The zero-order valence-corrected chi connectivity index (χ0v) is 11.8. The van der Waals surface area contributed by atoms with Gasteiger partial charge in [-0.1, -0.05) is 17.6 Å². The molecule has 0 saturated carbocycles. The summed E-state index contributed by atoms with van der Waals surface area (Å²) < 4.78 is 10.6. The summed E-state index contributed by atoms with van der Waals surface area (Å²) in [7, 11) is 9.21. The largest absolute Gasteiger partial charge is 0.497 e. The molecule has 1 heterocycles. The molecule has 3 rings (SSSR count). The summed E-state index contributed by atoms with van der Waals surface area (Å²) in [6, 6.07) is 9.46. The summed E-state index contributed by atoms with van der Waals surface area (Å²) in [6.07, 6.45) is 3.29. The number of hydrogen-bond donors (Lipinski definition) is 0. The molecular weight excluding hydrogens is 263 g/mol. The molecule has 0 atom stereocenters. The molecule has 1 aromatic heterocycles. The number of aromatic nitrogens is 2. The van der Waals surface area contributed by atoms with Gasteiger partial charge in [-0.2, -0.15) is 0 Å². The van der Waals surface area contributed by atoms with Crippen LogP contribution in [0.4, 0.5) is 0 Å². The monoisotopic (exact) mass is 276 g/mol. The van der Waals surface area contributed by atoms with Gasteiger partial charge in [0.05, 0.1) is 25.3 Å². The van der Waals surface area contributed by atoms with Gasteiger partial charge in [0.25, 0.3) is 0 Å². The lowest BCUT2D eigenvalue weighted by Crippen LogP contribution is -2.06. The van der Waals surface area contributed by atoms with E-state index in [0.717, 1.165) is 28.1 Å². The first-order valence-electron chi connectivity index (χ1n) is 6.45. The third-order valence-corrected chi connectivity index (χ3v) is 3.32. The molecule has 0 spiro atoms. The molecule has 5 heteroatoms. The minimum Gasteiger partial charge on any atom is -0.497 e. The quantitative estimate of drug-likeness (QED) is 0.687. The van der Waals surface area contributed by atoms with Crippen molar-refractivity contribution in [3.8, 4) is 22.6 Å². The Kier molecular flexibility index (Phi) is 3.48. The Hall–Kier alpha value is -2.56. The molecule has 102 valence electrons. The third kappa shape index (κ3) is 2.42. The normalized spacial score (nSPS) is 10.6. The van der Waals surface area contributed by atoms with Gasteiger partial charge in [-0.25, -0.2) is 0 Å². The van der Waals surface area contributed by atoms with Crippen molar-refractivity contribution in [3.63, 3.8) is 0 Å². The summed E-state index contributed by atoms with van der Waals surface area (Å²) in [6.45, 7) is 0. The first kappa shape index (κ1) is 13.4.